The summed E-state index contributed by atoms with van der Waals surface area (Å²) in [5.41, 5.74) is 3.34. The number of aromatic amines is 1. The summed E-state index contributed by atoms with van der Waals surface area (Å²) in [5, 5.41) is 5.86. The molecule has 0 saturated heterocycles. The first kappa shape index (κ1) is 12.7. The first-order valence-corrected chi connectivity index (χ1v) is 6.44. The lowest BCUT2D eigenvalue weighted by atomic mass is 10.1. The number of aryl methyl sites for hydroxylation is 1. The maximum absolute atomic E-state index is 6.17. The van der Waals surface area contributed by atoms with E-state index in [-0.39, 0.29) is 0 Å². The smallest absolute Gasteiger partial charge is 0.0662 e. The fourth-order valence-corrected chi connectivity index (χ4v) is 2.48. The topological polar surface area (TPSA) is 27.8 Å². The van der Waals surface area contributed by atoms with Crippen molar-refractivity contribution < 1.29 is 0 Å². The highest BCUT2D eigenvalue weighted by Gasteiger charge is 2.12. The third kappa shape index (κ3) is 2.59. The molecule has 0 saturated carbocycles. The van der Waals surface area contributed by atoms with Crippen LogP contribution in [0.2, 0.25) is 10.0 Å². The van der Waals surface area contributed by atoms with Gasteiger partial charge in [-0.05, 0) is 24.6 Å². The zero-order valence-electron chi connectivity index (χ0n) is 10.2. The lowest BCUT2D eigenvalue weighted by molar-refractivity contribution is 0.589. The molecule has 1 aromatic carbocycles. The Morgan fingerprint density at radius 1 is 1.29 bits per heavy atom. The minimum Gasteiger partial charge on any atom is -0.357 e. The number of aromatic nitrogens is 1. The quantitative estimate of drug-likeness (QED) is 0.856. The fourth-order valence-electron chi connectivity index (χ4n) is 1.94. The van der Waals surface area contributed by atoms with Crippen LogP contribution < -0.4 is 5.32 Å². The molecule has 1 aromatic heterocycles. The maximum Gasteiger partial charge on any atom is 0.0662 e. The van der Waals surface area contributed by atoms with Gasteiger partial charge in [-0.1, -0.05) is 37.0 Å². The van der Waals surface area contributed by atoms with Gasteiger partial charge in [-0.15, -0.1) is 0 Å². The highest BCUT2D eigenvalue weighted by molar-refractivity contribution is 6.38. The van der Waals surface area contributed by atoms with Crippen molar-refractivity contribution in [3.8, 4) is 0 Å². The van der Waals surface area contributed by atoms with E-state index in [1.807, 2.05) is 6.07 Å². The summed E-state index contributed by atoms with van der Waals surface area (Å²) in [6, 6.07) is 4.18. The summed E-state index contributed by atoms with van der Waals surface area (Å²) in [6.45, 7) is 7.13. The van der Waals surface area contributed by atoms with E-state index in [9.17, 15) is 0 Å². The molecule has 2 aromatic rings. The second-order valence-corrected chi connectivity index (χ2v) is 5.42. The maximum atomic E-state index is 6.17. The van der Waals surface area contributed by atoms with Crippen LogP contribution in [-0.2, 0) is 6.54 Å². The Balaban J connectivity index is 2.50. The predicted octanol–water partition coefficient (Wildman–Crippen LogP) is 4.28. The number of hydrogen-bond acceptors (Lipinski definition) is 1. The Hall–Kier alpha value is -0.700. The highest BCUT2D eigenvalue weighted by Crippen LogP contribution is 2.31. The van der Waals surface area contributed by atoms with E-state index in [4.69, 9.17) is 23.2 Å². The first-order valence-electron chi connectivity index (χ1n) is 5.68. The zero-order valence-corrected chi connectivity index (χ0v) is 11.7. The van der Waals surface area contributed by atoms with E-state index < -0.39 is 0 Å². The van der Waals surface area contributed by atoms with Crippen LogP contribution in [-0.4, -0.2) is 11.0 Å². The molecule has 0 atom stereocenters. The Morgan fingerprint density at radius 2 is 2.00 bits per heavy atom. The Bertz CT molecular complexity index is 544. The number of H-pyrrole nitrogens is 1. The van der Waals surface area contributed by atoms with E-state index in [0.717, 1.165) is 23.1 Å². The molecule has 0 amide bonds. The standard InChI is InChI=1S/C13H16Cl2N2/c1-7(2)16-6-11-8(3)17-13-10(11)4-9(14)5-12(13)15/h4-5,7,16-17H,6H2,1-3H3. The van der Waals surface area contributed by atoms with E-state index in [2.05, 4.69) is 31.1 Å². The van der Waals surface area contributed by atoms with Gasteiger partial charge < -0.3 is 10.3 Å². The number of halogens is 2. The van der Waals surface area contributed by atoms with E-state index >= 15 is 0 Å². The normalized spacial score (nSPS) is 11.6. The Labute approximate surface area is 111 Å². The summed E-state index contributed by atoms with van der Waals surface area (Å²) in [6.07, 6.45) is 0. The van der Waals surface area contributed by atoms with Crippen LogP contribution in [0.3, 0.4) is 0 Å². The van der Waals surface area contributed by atoms with Gasteiger partial charge in [0, 0.05) is 28.7 Å². The van der Waals surface area contributed by atoms with E-state index in [1.54, 1.807) is 6.07 Å². The van der Waals surface area contributed by atoms with Crippen LogP contribution in [0.5, 0.6) is 0 Å². The summed E-state index contributed by atoms with van der Waals surface area (Å²) in [5.74, 6) is 0. The molecule has 2 nitrogen and oxygen atoms in total. The van der Waals surface area contributed by atoms with Crippen LogP contribution in [0.1, 0.15) is 25.1 Å². The molecular formula is C13H16Cl2N2. The van der Waals surface area contributed by atoms with E-state index in [1.165, 1.54) is 5.56 Å². The van der Waals surface area contributed by atoms with Crippen LogP contribution in [0.15, 0.2) is 12.1 Å². The van der Waals surface area contributed by atoms with Gasteiger partial charge in [0.05, 0.1) is 10.5 Å². The molecule has 0 fully saturated rings. The molecule has 2 N–H and O–H groups in total. The van der Waals surface area contributed by atoms with Crippen LogP contribution >= 0.6 is 23.2 Å². The van der Waals surface area contributed by atoms with Crippen molar-refractivity contribution in [2.45, 2.75) is 33.4 Å². The lowest BCUT2D eigenvalue weighted by Gasteiger charge is -2.08. The van der Waals surface area contributed by atoms with Gasteiger partial charge >= 0.3 is 0 Å². The van der Waals surface area contributed by atoms with Crippen molar-refractivity contribution in [3.63, 3.8) is 0 Å². The van der Waals surface area contributed by atoms with Gasteiger partial charge in [0.1, 0.15) is 0 Å². The van der Waals surface area contributed by atoms with Crippen molar-refractivity contribution in [1.29, 1.82) is 0 Å². The zero-order chi connectivity index (χ0) is 12.6. The van der Waals surface area contributed by atoms with Crippen LogP contribution in [0, 0.1) is 6.92 Å². The van der Waals surface area contributed by atoms with Crippen molar-refractivity contribution >= 4 is 34.1 Å². The largest absolute Gasteiger partial charge is 0.357 e. The molecule has 0 aliphatic rings. The lowest BCUT2D eigenvalue weighted by Crippen LogP contribution is -2.22. The highest BCUT2D eigenvalue weighted by atomic mass is 35.5. The third-order valence-electron chi connectivity index (χ3n) is 2.83. The molecule has 0 unspecified atom stereocenters. The molecular weight excluding hydrogens is 255 g/mol. The number of hydrogen-bond donors (Lipinski definition) is 2. The average Bonchev–Trinajstić information content (AvgIpc) is 2.52. The summed E-state index contributed by atoms with van der Waals surface area (Å²) >= 11 is 12.2. The number of benzene rings is 1. The first-order chi connectivity index (χ1) is 7.99. The Kier molecular flexibility index (Phi) is 3.67. The second kappa shape index (κ2) is 4.89. The minimum absolute atomic E-state index is 0.453. The number of rotatable bonds is 3. The second-order valence-electron chi connectivity index (χ2n) is 4.57. The van der Waals surface area contributed by atoms with Crippen molar-refractivity contribution in [3.05, 3.63) is 33.4 Å². The van der Waals surface area contributed by atoms with Gasteiger partial charge in [-0.2, -0.15) is 0 Å². The van der Waals surface area contributed by atoms with Gasteiger partial charge in [0.15, 0.2) is 0 Å². The van der Waals surface area contributed by atoms with Crippen molar-refractivity contribution in [2.75, 3.05) is 0 Å². The SMILES string of the molecule is Cc1[nH]c2c(Cl)cc(Cl)cc2c1CNC(C)C. The molecule has 1 heterocycles. The van der Waals surface area contributed by atoms with Gasteiger partial charge in [0.25, 0.3) is 0 Å². The monoisotopic (exact) mass is 270 g/mol. The van der Waals surface area contributed by atoms with Crippen molar-refractivity contribution in [2.24, 2.45) is 0 Å². The van der Waals surface area contributed by atoms with Gasteiger partial charge in [0.2, 0.25) is 0 Å². The molecule has 0 spiro atoms. The molecule has 0 aliphatic carbocycles. The summed E-state index contributed by atoms with van der Waals surface area (Å²) in [4.78, 5) is 3.32. The molecule has 0 aliphatic heterocycles. The average molecular weight is 271 g/mol. The fraction of sp³-hybridized carbons (Fsp3) is 0.385. The predicted molar refractivity (Wildman–Crippen MR) is 75.0 cm³/mol. The van der Waals surface area contributed by atoms with Gasteiger partial charge in [-0.3, -0.25) is 0 Å². The summed E-state index contributed by atoms with van der Waals surface area (Å²) < 4.78 is 0. The van der Waals surface area contributed by atoms with E-state index in [0.29, 0.717) is 16.1 Å². The molecule has 2 rings (SSSR count). The molecule has 92 valence electrons. The van der Waals surface area contributed by atoms with Crippen LogP contribution in [0.4, 0.5) is 0 Å². The molecule has 17 heavy (non-hydrogen) atoms. The Morgan fingerprint density at radius 3 is 2.65 bits per heavy atom. The minimum atomic E-state index is 0.453. The molecule has 0 radical (unpaired) electrons. The van der Waals surface area contributed by atoms with Gasteiger partial charge in [-0.25, -0.2) is 0 Å². The molecule has 4 heteroatoms. The summed E-state index contributed by atoms with van der Waals surface area (Å²) in [7, 11) is 0. The number of fused-ring (bicyclic) bond motifs is 1. The third-order valence-corrected chi connectivity index (χ3v) is 3.35. The number of nitrogens with one attached hydrogen (secondary N) is 2. The van der Waals surface area contributed by atoms with Crippen LogP contribution in [0.25, 0.3) is 10.9 Å². The van der Waals surface area contributed by atoms with Crippen molar-refractivity contribution in [1.82, 2.24) is 10.3 Å². The molecule has 0 bridgehead atoms.